The summed E-state index contributed by atoms with van der Waals surface area (Å²) in [6.45, 7) is 1.90. The van der Waals surface area contributed by atoms with Gasteiger partial charge in [0.15, 0.2) is 0 Å². The zero-order valence-corrected chi connectivity index (χ0v) is 14.8. The van der Waals surface area contributed by atoms with E-state index in [1.165, 1.54) is 0 Å². The second-order valence-electron chi connectivity index (χ2n) is 5.49. The molecular formula is C18H16INO3. The Morgan fingerprint density at radius 1 is 1.22 bits per heavy atom. The van der Waals surface area contributed by atoms with Gasteiger partial charge in [-0.3, -0.25) is 0 Å². The highest BCUT2D eigenvalue weighted by Crippen LogP contribution is 2.30. The minimum absolute atomic E-state index is 0.292. The van der Waals surface area contributed by atoms with Crippen LogP contribution in [0, 0.1) is 10.5 Å². The average Bonchev–Trinajstić information content (AvgIpc) is 2.56. The lowest BCUT2D eigenvalue weighted by Gasteiger charge is -2.19. The molecule has 5 heteroatoms. The second-order valence-corrected chi connectivity index (χ2v) is 6.65. The first kappa shape index (κ1) is 16.0. The van der Waals surface area contributed by atoms with Gasteiger partial charge in [0.25, 0.3) is 0 Å². The second kappa shape index (κ2) is 6.70. The summed E-state index contributed by atoms with van der Waals surface area (Å²) < 4.78 is 0.833. The largest absolute Gasteiger partial charge is 0.508 e. The molecule has 1 aliphatic carbocycles. The van der Waals surface area contributed by atoms with Crippen LogP contribution in [0.15, 0.2) is 41.6 Å². The SMILES string of the molecule is Cc1c(O)ccc2c1CCC/C2=N\OC(=O)c1ccccc1I. The van der Waals surface area contributed by atoms with E-state index in [0.29, 0.717) is 11.3 Å². The van der Waals surface area contributed by atoms with E-state index in [0.717, 1.165) is 45.2 Å². The number of phenols is 1. The molecule has 0 aromatic heterocycles. The lowest BCUT2D eigenvalue weighted by atomic mass is 9.87. The van der Waals surface area contributed by atoms with Gasteiger partial charge in [-0.1, -0.05) is 17.3 Å². The molecular weight excluding hydrogens is 405 g/mol. The van der Waals surface area contributed by atoms with Crippen LogP contribution in [0.5, 0.6) is 5.75 Å². The summed E-state index contributed by atoms with van der Waals surface area (Å²) in [4.78, 5) is 17.3. The lowest BCUT2D eigenvalue weighted by molar-refractivity contribution is 0.0514. The third-order valence-corrected chi connectivity index (χ3v) is 4.99. The quantitative estimate of drug-likeness (QED) is 0.449. The molecule has 0 aliphatic heterocycles. The summed E-state index contributed by atoms with van der Waals surface area (Å²) >= 11 is 2.10. The van der Waals surface area contributed by atoms with Crippen LogP contribution in [0.3, 0.4) is 0 Å². The van der Waals surface area contributed by atoms with Crippen molar-refractivity contribution in [1.29, 1.82) is 0 Å². The fourth-order valence-electron chi connectivity index (χ4n) is 2.77. The zero-order valence-electron chi connectivity index (χ0n) is 12.7. The molecule has 0 saturated heterocycles. The summed E-state index contributed by atoms with van der Waals surface area (Å²) in [5.41, 5.74) is 4.19. The molecule has 1 N–H and O–H groups in total. The zero-order chi connectivity index (χ0) is 16.4. The molecule has 118 valence electrons. The van der Waals surface area contributed by atoms with E-state index in [1.807, 2.05) is 25.1 Å². The van der Waals surface area contributed by atoms with Gasteiger partial charge >= 0.3 is 5.97 Å². The number of carbonyl (C=O) groups excluding carboxylic acids is 1. The lowest BCUT2D eigenvalue weighted by Crippen LogP contribution is -2.15. The van der Waals surface area contributed by atoms with Crippen molar-refractivity contribution in [3.63, 3.8) is 0 Å². The number of nitrogens with zero attached hydrogens (tertiary/aromatic N) is 1. The van der Waals surface area contributed by atoms with Gasteiger partial charge in [-0.2, -0.15) is 0 Å². The molecule has 0 saturated carbocycles. The fourth-order valence-corrected chi connectivity index (χ4v) is 3.38. The van der Waals surface area contributed by atoms with E-state index in [2.05, 4.69) is 27.7 Å². The van der Waals surface area contributed by atoms with Gasteiger partial charge in [0, 0.05) is 9.13 Å². The predicted octanol–water partition coefficient (Wildman–Crippen LogP) is 4.20. The van der Waals surface area contributed by atoms with Gasteiger partial charge in [-0.25, -0.2) is 4.79 Å². The fraction of sp³-hybridized carbons (Fsp3) is 0.222. The standard InChI is InChI=1S/C18H16INO3/c1-11-12-6-4-8-16(13(12)9-10-17(11)21)20-23-18(22)14-5-2-3-7-15(14)19/h2-3,5,7,9-10,21H,4,6,8H2,1H3/b20-16+. The molecule has 0 amide bonds. The first-order valence-corrected chi connectivity index (χ1v) is 8.50. The van der Waals surface area contributed by atoms with Crippen molar-refractivity contribution >= 4 is 34.3 Å². The van der Waals surface area contributed by atoms with Crippen molar-refractivity contribution in [1.82, 2.24) is 0 Å². The van der Waals surface area contributed by atoms with Gasteiger partial charge in [0.05, 0.1) is 11.3 Å². The first-order valence-electron chi connectivity index (χ1n) is 7.42. The summed E-state index contributed by atoms with van der Waals surface area (Å²) in [5.74, 6) is -0.161. The van der Waals surface area contributed by atoms with Crippen LogP contribution < -0.4 is 0 Å². The van der Waals surface area contributed by atoms with Crippen molar-refractivity contribution < 1.29 is 14.7 Å². The van der Waals surface area contributed by atoms with E-state index >= 15 is 0 Å². The Labute approximate surface area is 148 Å². The minimum Gasteiger partial charge on any atom is -0.508 e. The summed E-state index contributed by atoms with van der Waals surface area (Å²) in [6, 6.07) is 10.8. The third kappa shape index (κ3) is 3.24. The Balaban J connectivity index is 1.87. The number of carbonyl (C=O) groups is 1. The number of hydrogen-bond acceptors (Lipinski definition) is 4. The van der Waals surface area contributed by atoms with E-state index in [4.69, 9.17) is 4.84 Å². The highest BCUT2D eigenvalue weighted by molar-refractivity contribution is 14.1. The van der Waals surface area contributed by atoms with Crippen LogP contribution in [0.2, 0.25) is 0 Å². The highest BCUT2D eigenvalue weighted by atomic mass is 127. The van der Waals surface area contributed by atoms with Gasteiger partial charge in [-0.05, 0) is 84.2 Å². The Kier molecular flexibility index (Phi) is 4.66. The third-order valence-electron chi connectivity index (χ3n) is 4.05. The summed E-state index contributed by atoms with van der Waals surface area (Å²) in [6.07, 6.45) is 2.59. The van der Waals surface area contributed by atoms with Crippen molar-refractivity contribution in [3.8, 4) is 5.75 Å². The van der Waals surface area contributed by atoms with Crippen LogP contribution in [0.25, 0.3) is 0 Å². The summed E-state index contributed by atoms with van der Waals surface area (Å²) in [7, 11) is 0. The number of halogens is 1. The Bertz CT molecular complexity index is 799. The molecule has 2 aromatic carbocycles. The maximum absolute atomic E-state index is 12.2. The smallest absolute Gasteiger partial charge is 0.366 e. The maximum atomic E-state index is 12.2. The topological polar surface area (TPSA) is 58.9 Å². The van der Waals surface area contributed by atoms with Gasteiger partial charge < -0.3 is 9.94 Å². The molecule has 0 bridgehead atoms. The molecule has 23 heavy (non-hydrogen) atoms. The maximum Gasteiger partial charge on any atom is 0.366 e. The monoisotopic (exact) mass is 421 g/mol. The molecule has 0 atom stereocenters. The van der Waals surface area contributed by atoms with Crippen molar-refractivity contribution in [2.24, 2.45) is 5.16 Å². The summed E-state index contributed by atoms with van der Waals surface area (Å²) in [5, 5.41) is 13.9. The van der Waals surface area contributed by atoms with Crippen LogP contribution in [-0.4, -0.2) is 16.8 Å². The molecule has 0 unspecified atom stereocenters. The normalized spacial score (nSPS) is 15.3. The first-order chi connectivity index (χ1) is 11.1. The number of aromatic hydroxyl groups is 1. The van der Waals surface area contributed by atoms with Crippen molar-refractivity contribution in [2.45, 2.75) is 26.2 Å². The van der Waals surface area contributed by atoms with Crippen LogP contribution in [0.1, 0.15) is 39.9 Å². The number of hydrogen-bond donors (Lipinski definition) is 1. The number of oxime groups is 1. The van der Waals surface area contributed by atoms with E-state index < -0.39 is 5.97 Å². The molecule has 1 aliphatic rings. The van der Waals surface area contributed by atoms with E-state index in [1.54, 1.807) is 18.2 Å². The van der Waals surface area contributed by atoms with Crippen LogP contribution in [-0.2, 0) is 11.3 Å². The Hall–Kier alpha value is -1.89. The van der Waals surface area contributed by atoms with E-state index in [9.17, 15) is 9.90 Å². The molecule has 4 nitrogen and oxygen atoms in total. The number of benzene rings is 2. The average molecular weight is 421 g/mol. The number of phenolic OH excluding ortho intramolecular Hbond substituents is 1. The van der Waals surface area contributed by atoms with E-state index in [-0.39, 0.29) is 0 Å². The van der Waals surface area contributed by atoms with Crippen molar-refractivity contribution in [3.05, 3.63) is 62.2 Å². The number of fused-ring (bicyclic) bond motifs is 1. The van der Waals surface area contributed by atoms with Gasteiger partial charge in [0.2, 0.25) is 0 Å². The predicted molar refractivity (Wildman–Crippen MR) is 96.9 cm³/mol. The van der Waals surface area contributed by atoms with Gasteiger partial charge in [0.1, 0.15) is 5.75 Å². The highest BCUT2D eigenvalue weighted by Gasteiger charge is 2.20. The molecule has 0 fully saturated rings. The molecule has 3 rings (SSSR count). The molecule has 2 aromatic rings. The van der Waals surface area contributed by atoms with Crippen molar-refractivity contribution in [2.75, 3.05) is 0 Å². The Morgan fingerprint density at radius 2 is 2.00 bits per heavy atom. The molecule has 0 heterocycles. The van der Waals surface area contributed by atoms with Crippen LogP contribution in [0.4, 0.5) is 0 Å². The minimum atomic E-state index is -0.454. The molecule has 0 spiro atoms. The van der Waals surface area contributed by atoms with Gasteiger partial charge in [-0.15, -0.1) is 0 Å². The number of rotatable bonds is 2. The molecule has 0 radical (unpaired) electrons. The van der Waals surface area contributed by atoms with Crippen LogP contribution >= 0.6 is 22.6 Å². The Morgan fingerprint density at radius 3 is 2.78 bits per heavy atom.